The van der Waals surface area contributed by atoms with Crippen molar-refractivity contribution in [2.24, 2.45) is 0 Å². The number of carbonyl (C=O) groups excluding carboxylic acids is 1. The van der Waals surface area contributed by atoms with E-state index in [1.54, 1.807) is 12.1 Å². The number of likely N-dealkylation sites (tertiary alicyclic amines) is 1. The van der Waals surface area contributed by atoms with Crippen LogP contribution in [0.1, 0.15) is 25.3 Å². The molecule has 1 aromatic carbocycles. The van der Waals surface area contributed by atoms with Gasteiger partial charge in [-0.15, -0.1) is 0 Å². The lowest BCUT2D eigenvalue weighted by atomic mass is 10.1. The van der Waals surface area contributed by atoms with Gasteiger partial charge in [0, 0.05) is 12.6 Å². The highest BCUT2D eigenvalue weighted by Crippen LogP contribution is 2.15. The molecule has 1 saturated heterocycles. The van der Waals surface area contributed by atoms with Gasteiger partial charge in [0.2, 0.25) is 5.91 Å². The fourth-order valence-corrected chi connectivity index (χ4v) is 2.62. The van der Waals surface area contributed by atoms with Crippen LogP contribution in [-0.4, -0.2) is 36.5 Å². The third-order valence-electron chi connectivity index (χ3n) is 3.72. The molecule has 0 radical (unpaired) electrons. The minimum absolute atomic E-state index is 0.00885. The van der Waals surface area contributed by atoms with Crippen molar-refractivity contribution in [1.29, 1.82) is 0 Å². The van der Waals surface area contributed by atoms with Gasteiger partial charge in [0.05, 0.1) is 6.42 Å². The van der Waals surface area contributed by atoms with Crippen molar-refractivity contribution in [1.82, 2.24) is 10.2 Å². The number of nitrogens with zero attached hydrogens (tertiary/aromatic N) is 1. The maximum Gasteiger partial charge on any atom is 0.224 e. The molecule has 1 unspecified atom stereocenters. The van der Waals surface area contributed by atoms with E-state index in [4.69, 9.17) is 0 Å². The number of rotatable bonds is 5. The molecular weight excluding hydrogens is 243 g/mol. The smallest absolute Gasteiger partial charge is 0.224 e. The van der Waals surface area contributed by atoms with Crippen LogP contribution in [0.2, 0.25) is 0 Å². The van der Waals surface area contributed by atoms with Crippen LogP contribution >= 0.6 is 0 Å². The van der Waals surface area contributed by atoms with Crippen LogP contribution in [0.4, 0.5) is 4.39 Å². The molecule has 1 aliphatic rings. The molecule has 19 heavy (non-hydrogen) atoms. The van der Waals surface area contributed by atoms with Crippen molar-refractivity contribution in [3.05, 3.63) is 35.6 Å². The van der Waals surface area contributed by atoms with Crippen LogP contribution in [0, 0.1) is 5.82 Å². The molecule has 1 N–H and O–H groups in total. The second kappa shape index (κ2) is 6.66. The Morgan fingerprint density at radius 2 is 2.16 bits per heavy atom. The highest BCUT2D eigenvalue weighted by molar-refractivity contribution is 5.78. The van der Waals surface area contributed by atoms with Gasteiger partial charge >= 0.3 is 0 Å². The summed E-state index contributed by atoms with van der Waals surface area (Å²) >= 11 is 0. The Kier molecular flexibility index (Phi) is 4.91. The van der Waals surface area contributed by atoms with Crippen LogP contribution in [0.5, 0.6) is 0 Å². The van der Waals surface area contributed by atoms with E-state index < -0.39 is 0 Å². The zero-order chi connectivity index (χ0) is 13.7. The maximum atomic E-state index is 12.8. The second-order valence-corrected chi connectivity index (χ2v) is 5.03. The first-order chi connectivity index (χ1) is 9.19. The molecule has 1 atom stereocenters. The number of amides is 1. The summed E-state index contributed by atoms with van der Waals surface area (Å²) in [5.41, 5.74) is 0.845. The Morgan fingerprint density at radius 3 is 2.84 bits per heavy atom. The van der Waals surface area contributed by atoms with E-state index in [2.05, 4.69) is 17.1 Å². The molecule has 0 bridgehead atoms. The molecule has 0 saturated carbocycles. The van der Waals surface area contributed by atoms with Gasteiger partial charge in [-0.1, -0.05) is 19.1 Å². The van der Waals surface area contributed by atoms with E-state index >= 15 is 0 Å². The van der Waals surface area contributed by atoms with Gasteiger partial charge in [0.15, 0.2) is 0 Å². The van der Waals surface area contributed by atoms with E-state index in [1.807, 2.05) is 0 Å². The number of halogens is 1. The third kappa shape index (κ3) is 4.03. The minimum atomic E-state index is -0.270. The van der Waals surface area contributed by atoms with Crippen LogP contribution in [0.15, 0.2) is 24.3 Å². The molecule has 1 aliphatic heterocycles. The molecule has 4 heteroatoms. The molecule has 1 amide bonds. The normalized spacial score (nSPS) is 19.6. The lowest BCUT2D eigenvalue weighted by molar-refractivity contribution is -0.120. The van der Waals surface area contributed by atoms with E-state index in [0.29, 0.717) is 19.0 Å². The van der Waals surface area contributed by atoms with Gasteiger partial charge in [-0.2, -0.15) is 0 Å². The predicted octanol–water partition coefficient (Wildman–Crippen LogP) is 1.97. The Morgan fingerprint density at radius 1 is 1.42 bits per heavy atom. The first-order valence-corrected chi connectivity index (χ1v) is 6.94. The molecule has 2 rings (SSSR count). The Bertz CT molecular complexity index is 419. The minimum Gasteiger partial charge on any atom is -0.354 e. The first kappa shape index (κ1) is 14.0. The Balaban J connectivity index is 1.77. The van der Waals surface area contributed by atoms with Gasteiger partial charge in [-0.3, -0.25) is 9.69 Å². The molecule has 3 nitrogen and oxygen atoms in total. The standard InChI is InChI=1S/C15H21FN2O/c1-2-18-9-3-4-14(18)11-17-15(19)10-12-5-7-13(16)8-6-12/h5-8,14H,2-4,9-11H2,1H3,(H,17,19). The molecule has 104 valence electrons. The Hall–Kier alpha value is -1.42. The molecule has 1 fully saturated rings. The molecular formula is C15H21FN2O. The predicted molar refractivity (Wildman–Crippen MR) is 73.4 cm³/mol. The van der Waals surface area contributed by atoms with E-state index in [-0.39, 0.29) is 11.7 Å². The highest BCUT2D eigenvalue weighted by Gasteiger charge is 2.22. The summed E-state index contributed by atoms with van der Waals surface area (Å²) in [5.74, 6) is -0.261. The van der Waals surface area contributed by atoms with Gasteiger partial charge in [-0.25, -0.2) is 4.39 Å². The summed E-state index contributed by atoms with van der Waals surface area (Å²) in [5, 5.41) is 2.98. The lowest BCUT2D eigenvalue weighted by Crippen LogP contribution is -2.40. The Labute approximate surface area is 113 Å². The van der Waals surface area contributed by atoms with Crippen LogP contribution < -0.4 is 5.32 Å². The monoisotopic (exact) mass is 264 g/mol. The quantitative estimate of drug-likeness (QED) is 0.882. The first-order valence-electron chi connectivity index (χ1n) is 6.94. The summed E-state index contributed by atoms with van der Waals surface area (Å²) in [6, 6.07) is 6.56. The fraction of sp³-hybridized carbons (Fsp3) is 0.533. The zero-order valence-corrected chi connectivity index (χ0v) is 11.4. The highest BCUT2D eigenvalue weighted by atomic mass is 19.1. The molecule has 1 aromatic rings. The van der Waals surface area contributed by atoms with Crippen LogP contribution in [0.3, 0.4) is 0 Å². The SMILES string of the molecule is CCN1CCCC1CNC(=O)Cc1ccc(F)cc1. The van der Waals surface area contributed by atoms with E-state index in [0.717, 1.165) is 25.1 Å². The number of nitrogens with one attached hydrogen (secondary N) is 1. The third-order valence-corrected chi connectivity index (χ3v) is 3.72. The number of likely N-dealkylation sites (N-methyl/N-ethyl adjacent to an activating group) is 1. The lowest BCUT2D eigenvalue weighted by Gasteiger charge is -2.22. The topological polar surface area (TPSA) is 32.3 Å². The van der Waals surface area contributed by atoms with Crippen molar-refractivity contribution in [2.75, 3.05) is 19.6 Å². The van der Waals surface area contributed by atoms with Crippen molar-refractivity contribution in [3.8, 4) is 0 Å². The van der Waals surface area contributed by atoms with Gasteiger partial charge in [0.25, 0.3) is 0 Å². The summed E-state index contributed by atoms with van der Waals surface area (Å²) in [6.45, 7) is 5.04. The van der Waals surface area contributed by atoms with Crippen molar-refractivity contribution in [3.63, 3.8) is 0 Å². The van der Waals surface area contributed by atoms with Gasteiger partial charge in [0.1, 0.15) is 5.82 Å². The van der Waals surface area contributed by atoms with E-state index in [1.165, 1.54) is 18.6 Å². The zero-order valence-electron chi connectivity index (χ0n) is 11.4. The van der Waals surface area contributed by atoms with Gasteiger partial charge in [-0.05, 0) is 43.6 Å². The average molecular weight is 264 g/mol. The van der Waals surface area contributed by atoms with Gasteiger partial charge < -0.3 is 5.32 Å². The second-order valence-electron chi connectivity index (χ2n) is 5.03. The van der Waals surface area contributed by atoms with Crippen LogP contribution in [-0.2, 0) is 11.2 Å². The van der Waals surface area contributed by atoms with Crippen molar-refractivity contribution < 1.29 is 9.18 Å². The molecule has 1 heterocycles. The van der Waals surface area contributed by atoms with Crippen LogP contribution in [0.25, 0.3) is 0 Å². The summed E-state index contributed by atoms with van der Waals surface area (Å²) < 4.78 is 12.8. The summed E-state index contributed by atoms with van der Waals surface area (Å²) in [4.78, 5) is 14.2. The maximum absolute atomic E-state index is 12.8. The molecule has 0 spiro atoms. The number of hydrogen-bond acceptors (Lipinski definition) is 2. The number of carbonyl (C=O) groups is 1. The fourth-order valence-electron chi connectivity index (χ4n) is 2.62. The summed E-state index contributed by atoms with van der Waals surface area (Å²) in [7, 11) is 0. The molecule has 0 aliphatic carbocycles. The number of benzene rings is 1. The summed E-state index contributed by atoms with van der Waals surface area (Å²) in [6.07, 6.45) is 2.69. The van der Waals surface area contributed by atoms with Crippen molar-refractivity contribution >= 4 is 5.91 Å². The van der Waals surface area contributed by atoms with Crippen molar-refractivity contribution in [2.45, 2.75) is 32.2 Å². The number of hydrogen-bond donors (Lipinski definition) is 1. The molecule has 0 aromatic heterocycles. The largest absolute Gasteiger partial charge is 0.354 e. The average Bonchev–Trinajstić information content (AvgIpc) is 2.86. The van der Waals surface area contributed by atoms with E-state index in [9.17, 15) is 9.18 Å².